The van der Waals surface area contributed by atoms with Crippen molar-refractivity contribution in [3.63, 3.8) is 0 Å². The maximum absolute atomic E-state index is 12.5. The highest BCUT2D eigenvalue weighted by atomic mass is 16.5. The van der Waals surface area contributed by atoms with Crippen LogP contribution in [-0.2, 0) is 0 Å². The summed E-state index contributed by atoms with van der Waals surface area (Å²) in [6, 6.07) is 5.46. The van der Waals surface area contributed by atoms with E-state index < -0.39 is 0 Å². The Morgan fingerprint density at radius 1 is 1.21 bits per heavy atom. The van der Waals surface area contributed by atoms with Crippen LogP contribution in [0.4, 0.5) is 0 Å². The third kappa shape index (κ3) is 5.99. The van der Waals surface area contributed by atoms with Crippen LogP contribution in [0.25, 0.3) is 0 Å². The molecule has 0 bridgehead atoms. The molecule has 0 saturated heterocycles. The molecule has 1 N–H and O–H groups in total. The first-order valence-corrected chi connectivity index (χ1v) is 8.82. The Labute approximate surface area is 146 Å². The van der Waals surface area contributed by atoms with Crippen molar-refractivity contribution in [2.75, 3.05) is 7.11 Å². The fourth-order valence-corrected chi connectivity index (χ4v) is 2.58. The number of ether oxygens (including phenoxy) is 1. The molecular weight excluding hydrogens is 300 g/mol. The van der Waals surface area contributed by atoms with Crippen LogP contribution in [-0.4, -0.2) is 18.7 Å². The normalized spacial score (nSPS) is 12.2. The van der Waals surface area contributed by atoms with Gasteiger partial charge in [-0.3, -0.25) is 4.79 Å². The van der Waals surface area contributed by atoms with Crippen molar-refractivity contribution in [3.05, 3.63) is 29.3 Å². The molecule has 1 aromatic rings. The van der Waals surface area contributed by atoms with Crippen LogP contribution in [0, 0.1) is 12.3 Å². The monoisotopic (exact) mass is 332 g/mol. The highest BCUT2D eigenvalue weighted by Crippen LogP contribution is 2.22. The number of benzene rings is 1. The summed E-state index contributed by atoms with van der Waals surface area (Å²) in [6.45, 7) is 10.5. The molecule has 0 unspecified atom stereocenters. The van der Waals surface area contributed by atoms with Crippen molar-refractivity contribution in [1.29, 1.82) is 0 Å². The molecule has 0 aromatic heterocycles. The van der Waals surface area contributed by atoms with E-state index in [0.29, 0.717) is 11.3 Å². The number of carbonyl (C=O) groups excluding carboxylic acids is 1. The lowest BCUT2D eigenvalue weighted by atomic mass is 9.87. The highest BCUT2D eigenvalue weighted by molar-refractivity contribution is 5.97. The molecule has 0 spiro atoms. The lowest BCUT2D eigenvalue weighted by molar-refractivity contribution is 0.0953. The van der Waals surface area contributed by atoms with Gasteiger partial charge in [-0.25, -0.2) is 5.43 Å². The second-order valence-electron chi connectivity index (χ2n) is 7.19. The fraction of sp³-hybridized carbons (Fsp3) is 0.600. The highest BCUT2D eigenvalue weighted by Gasteiger charge is 2.19. The molecular formula is C20H32N2O2. The number of rotatable bonds is 8. The summed E-state index contributed by atoms with van der Waals surface area (Å²) >= 11 is 0. The summed E-state index contributed by atoms with van der Waals surface area (Å²) < 4.78 is 5.28. The first kappa shape index (κ1) is 20.2. The van der Waals surface area contributed by atoms with Gasteiger partial charge in [0, 0.05) is 22.3 Å². The minimum Gasteiger partial charge on any atom is -0.496 e. The average Bonchev–Trinajstić information content (AvgIpc) is 2.52. The van der Waals surface area contributed by atoms with Crippen molar-refractivity contribution in [3.8, 4) is 5.75 Å². The molecule has 24 heavy (non-hydrogen) atoms. The molecule has 4 nitrogen and oxygen atoms in total. The third-order valence-corrected chi connectivity index (χ3v) is 4.17. The Hall–Kier alpha value is -1.84. The quantitative estimate of drug-likeness (QED) is 0.409. The number of methoxy groups -OCH3 is 1. The van der Waals surface area contributed by atoms with E-state index in [1.54, 1.807) is 13.2 Å². The molecule has 0 saturated carbocycles. The number of hydrogen-bond acceptors (Lipinski definition) is 3. The van der Waals surface area contributed by atoms with Crippen molar-refractivity contribution in [1.82, 2.24) is 5.43 Å². The van der Waals surface area contributed by atoms with Crippen LogP contribution >= 0.6 is 0 Å². The van der Waals surface area contributed by atoms with E-state index in [-0.39, 0.29) is 11.3 Å². The SMILES string of the molecule is CCCCCC/C(=N/NC(=O)c1cccc(OC)c1C)C(C)(C)C. The Morgan fingerprint density at radius 2 is 1.92 bits per heavy atom. The Kier molecular flexibility index (Phi) is 7.96. The van der Waals surface area contributed by atoms with Crippen molar-refractivity contribution >= 4 is 11.6 Å². The van der Waals surface area contributed by atoms with Gasteiger partial charge in [0.1, 0.15) is 5.75 Å². The van der Waals surface area contributed by atoms with Crippen LogP contribution in [0.2, 0.25) is 0 Å². The molecule has 1 aromatic carbocycles. The number of hydrazone groups is 1. The lowest BCUT2D eigenvalue weighted by Gasteiger charge is -2.21. The standard InChI is InChI=1S/C20H32N2O2/c1-7-8-9-10-14-18(20(3,4)5)21-22-19(23)16-12-11-13-17(24-6)15(16)2/h11-13H,7-10,14H2,1-6H3,(H,22,23)/b21-18-. The summed E-state index contributed by atoms with van der Waals surface area (Å²) in [5, 5.41) is 4.44. The van der Waals surface area contributed by atoms with E-state index in [4.69, 9.17) is 4.74 Å². The van der Waals surface area contributed by atoms with Crippen LogP contribution in [0.15, 0.2) is 23.3 Å². The van der Waals surface area contributed by atoms with Gasteiger partial charge in [0.25, 0.3) is 5.91 Å². The summed E-state index contributed by atoms with van der Waals surface area (Å²) in [5.74, 6) is 0.518. The number of nitrogens with one attached hydrogen (secondary N) is 1. The van der Waals surface area contributed by atoms with Gasteiger partial charge >= 0.3 is 0 Å². The van der Waals surface area contributed by atoms with Gasteiger partial charge < -0.3 is 4.74 Å². The van der Waals surface area contributed by atoms with Gasteiger partial charge in [-0.05, 0) is 31.9 Å². The molecule has 0 atom stereocenters. The summed E-state index contributed by atoms with van der Waals surface area (Å²) in [4.78, 5) is 12.5. The largest absolute Gasteiger partial charge is 0.496 e. The number of unbranched alkanes of at least 4 members (excludes halogenated alkanes) is 3. The van der Waals surface area contributed by atoms with E-state index >= 15 is 0 Å². The zero-order valence-electron chi connectivity index (χ0n) is 16.0. The second kappa shape index (κ2) is 9.45. The molecule has 134 valence electrons. The molecule has 0 aliphatic heterocycles. The number of nitrogens with zero attached hydrogens (tertiary/aromatic N) is 1. The van der Waals surface area contributed by atoms with Gasteiger partial charge in [0.2, 0.25) is 0 Å². The number of hydrogen-bond donors (Lipinski definition) is 1. The van der Waals surface area contributed by atoms with E-state index in [1.807, 2.05) is 19.1 Å². The zero-order valence-corrected chi connectivity index (χ0v) is 16.0. The summed E-state index contributed by atoms with van der Waals surface area (Å²) in [5.41, 5.74) is 5.14. The topological polar surface area (TPSA) is 50.7 Å². The van der Waals surface area contributed by atoms with Gasteiger partial charge in [-0.15, -0.1) is 0 Å². The van der Waals surface area contributed by atoms with E-state index in [1.165, 1.54) is 19.3 Å². The lowest BCUT2D eigenvalue weighted by Crippen LogP contribution is -2.27. The van der Waals surface area contributed by atoms with Gasteiger partial charge in [0.15, 0.2) is 0 Å². The Bertz CT molecular complexity index is 571. The third-order valence-electron chi connectivity index (χ3n) is 4.17. The maximum atomic E-state index is 12.5. The molecule has 1 amide bonds. The van der Waals surface area contributed by atoms with Crippen LogP contribution in [0.5, 0.6) is 5.75 Å². The first-order valence-electron chi connectivity index (χ1n) is 8.82. The van der Waals surface area contributed by atoms with Crippen molar-refractivity contribution < 1.29 is 9.53 Å². The molecule has 4 heteroatoms. The van der Waals surface area contributed by atoms with Crippen LogP contribution in [0.3, 0.4) is 0 Å². The molecule has 0 fully saturated rings. The van der Waals surface area contributed by atoms with Gasteiger partial charge in [-0.2, -0.15) is 5.10 Å². The van der Waals surface area contributed by atoms with E-state index in [2.05, 4.69) is 38.2 Å². The number of amides is 1. The fourth-order valence-electron chi connectivity index (χ4n) is 2.58. The molecule has 0 aliphatic rings. The molecule has 0 heterocycles. The minimum absolute atomic E-state index is 0.0527. The number of carbonyl (C=O) groups is 1. The predicted octanol–water partition coefficient (Wildman–Crippen LogP) is 5.11. The smallest absolute Gasteiger partial charge is 0.271 e. The van der Waals surface area contributed by atoms with Gasteiger partial charge in [-0.1, -0.05) is 53.0 Å². The Morgan fingerprint density at radius 3 is 2.50 bits per heavy atom. The average molecular weight is 332 g/mol. The maximum Gasteiger partial charge on any atom is 0.271 e. The second-order valence-corrected chi connectivity index (χ2v) is 7.19. The van der Waals surface area contributed by atoms with Crippen molar-refractivity contribution in [2.45, 2.75) is 66.7 Å². The van der Waals surface area contributed by atoms with Crippen molar-refractivity contribution in [2.24, 2.45) is 10.5 Å². The molecule has 0 radical (unpaired) electrons. The van der Waals surface area contributed by atoms with Crippen LogP contribution < -0.4 is 10.2 Å². The molecule has 0 aliphatic carbocycles. The first-order chi connectivity index (χ1) is 11.3. The van der Waals surface area contributed by atoms with Gasteiger partial charge in [0.05, 0.1) is 7.11 Å². The summed E-state index contributed by atoms with van der Waals surface area (Å²) in [6.07, 6.45) is 5.69. The van der Waals surface area contributed by atoms with E-state index in [9.17, 15) is 4.79 Å². The summed E-state index contributed by atoms with van der Waals surface area (Å²) in [7, 11) is 1.61. The Balaban J connectivity index is 2.83. The predicted molar refractivity (Wildman–Crippen MR) is 101 cm³/mol. The van der Waals surface area contributed by atoms with Crippen LogP contribution in [0.1, 0.15) is 75.7 Å². The minimum atomic E-state index is -0.193. The zero-order chi connectivity index (χ0) is 18.2. The molecule has 1 rings (SSSR count). The van der Waals surface area contributed by atoms with E-state index in [0.717, 1.165) is 24.1 Å².